The summed E-state index contributed by atoms with van der Waals surface area (Å²) in [5.74, 6) is 1.75. The minimum Gasteiger partial charge on any atom is -0.425 e. The van der Waals surface area contributed by atoms with Gasteiger partial charge in [-0.05, 0) is 6.42 Å². The van der Waals surface area contributed by atoms with E-state index in [1.54, 1.807) is 13.1 Å². The third-order valence-corrected chi connectivity index (χ3v) is 3.38. The summed E-state index contributed by atoms with van der Waals surface area (Å²) >= 11 is 0. The van der Waals surface area contributed by atoms with Crippen LogP contribution in [-0.4, -0.2) is 20.2 Å². The highest BCUT2D eigenvalue weighted by atomic mass is 16.4. The van der Waals surface area contributed by atoms with Gasteiger partial charge in [0.15, 0.2) is 0 Å². The van der Waals surface area contributed by atoms with Gasteiger partial charge in [-0.3, -0.25) is 0 Å². The Morgan fingerprint density at radius 1 is 1.18 bits per heavy atom. The van der Waals surface area contributed by atoms with E-state index in [-0.39, 0.29) is 10.8 Å². The predicted molar refractivity (Wildman–Crippen MR) is 81.2 cm³/mol. The molecule has 0 aliphatic carbocycles. The van der Waals surface area contributed by atoms with Crippen LogP contribution in [0.2, 0.25) is 0 Å². The van der Waals surface area contributed by atoms with Gasteiger partial charge in [-0.2, -0.15) is 5.26 Å². The number of nitriles is 1. The number of hydrogen-bond donors (Lipinski definition) is 0. The molecule has 0 fully saturated rings. The summed E-state index contributed by atoms with van der Waals surface area (Å²) in [5, 5.41) is 17.3. The number of rotatable bonds is 3. The van der Waals surface area contributed by atoms with Crippen molar-refractivity contribution in [2.45, 2.75) is 58.8 Å². The predicted octanol–water partition coefficient (Wildman–Crippen LogP) is 2.86. The summed E-state index contributed by atoms with van der Waals surface area (Å²) in [6.45, 7) is 11.8. The molecule has 2 aromatic heterocycles. The Morgan fingerprint density at radius 2 is 1.86 bits per heavy atom. The lowest BCUT2D eigenvalue weighted by Crippen LogP contribution is -2.23. The Morgan fingerprint density at radius 3 is 2.36 bits per heavy atom. The second-order valence-electron chi connectivity index (χ2n) is 7.12. The SMILES string of the molecule is Cc1nnc(C(C)(C)Cc2cnc(C(C)(C)C)nc2C#N)o1. The second kappa shape index (κ2) is 5.48. The van der Waals surface area contributed by atoms with E-state index in [4.69, 9.17) is 4.42 Å². The van der Waals surface area contributed by atoms with Crippen molar-refractivity contribution in [2.24, 2.45) is 0 Å². The Kier molecular flexibility index (Phi) is 4.01. The monoisotopic (exact) mass is 299 g/mol. The number of nitrogens with zero attached hydrogens (tertiary/aromatic N) is 5. The highest BCUT2D eigenvalue weighted by Crippen LogP contribution is 2.28. The first-order chi connectivity index (χ1) is 10.1. The van der Waals surface area contributed by atoms with Crippen LogP contribution in [0.15, 0.2) is 10.6 Å². The third-order valence-electron chi connectivity index (χ3n) is 3.38. The van der Waals surface area contributed by atoms with E-state index < -0.39 is 0 Å². The molecule has 2 aromatic rings. The fraction of sp³-hybridized carbons (Fsp3) is 0.562. The zero-order valence-electron chi connectivity index (χ0n) is 13.9. The molecule has 2 rings (SSSR count). The Bertz CT molecular complexity index is 719. The largest absolute Gasteiger partial charge is 0.425 e. The molecule has 0 amide bonds. The first-order valence-corrected chi connectivity index (χ1v) is 7.20. The molecule has 0 atom stereocenters. The van der Waals surface area contributed by atoms with Crippen LogP contribution in [0.5, 0.6) is 0 Å². The van der Waals surface area contributed by atoms with Gasteiger partial charge in [-0.25, -0.2) is 9.97 Å². The summed E-state index contributed by atoms with van der Waals surface area (Å²) in [6.07, 6.45) is 2.29. The van der Waals surface area contributed by atoms with Crippen LogP contribution in [0, 0.1) is 18.3 Å². The summed E-state index contributed by atoms with van der Waals surface area (Å²) in [5.41, 5.74) is 0.614. The van der Waals surface area contributed by atoms with E-state index in [1.165, 1.54) is 0 Å². The van der Waals surface area contributed by atoms with Gasteiger partial charge in [0.25, 0.3) is 0 Å². The molecular formula is C16H21N5O. The van der Waals surface area contributed by atoms with Crippen molar-refractivity contribution < 1.29 is 4.42 Å². The van der Waals surface area contributed by atoms with Gasteiger partial charge in [-0.15, -0.1) is 10.2 Å². The lowest BCUT2D eigenvalue weighted by Gasteiger charge is -2.22. The molecule has 6 nitrogen and oxygen atoms in total. The van der Waals surface area contributed by atoms with Gasteiger partial charge in [0, 0.05) is 29.5 Å². The van der Waals surface area contributed by atoms with Gasteiger partial charge in [0.05, 0.1) is 0 Å². The summed E-state index contributed by atoms with van der Waals surface area (Å²) in [4.78, 5) is 8.82. The Labute approximate surface area is 130 Å². The molecule has 0 N–H and O–H groups in total. The highest BCUT2D eigenvalue weighted by Gasteiger charge is 2.29. The molecule has 0 spiro atoms. The third kappa shape index (κ3) is 3.30. The standard InChI is InChI=1S/C16H21N5O/c1-10-20-21-14(22-10)16(5,6)7-11-9-18-13(15(2,3)4)19-12(11)8-17/h9H,7H2,1-6H3. The van der Waals surface area contributed by atoms with E-state index in [1.807, 2.05) is 34.6 Å². The smallest absolute Gasteiger partial charge is 0.222 e. The van der Waals surface area contributed by atoms with Crippen LogP contribution >= 0.6 is 0 Å². The molecule has 0 bridgehead atoms. The van der Waals surface area contributed by atoms with Crippen LogP contribution in [0.25, 0.3) is 0 Å². The van der Waals surface area contributed by atoms with E-state index in [0.29, 0.717) is 29.7 Å². The Hall–Kier alpha value is -2.29. The topological polar surface area (TPSA) is 88.5 Å². The van der Waals surface area contributed by atoms with Gasteiger partial charge in [0.2, 0.25) is 11.8 Å². The number of aryl methyl sites for hydroxylation is 1. The average molecular weight is 299 g/mol. The molecule has 0 aliphatic heterocycles. The van der Waals surface area contributed by atoms with E-state index >= 15 is 0 Å². The molecule has 0 saturated carbocycles. The minimum absolute atomic E-state index is 0.191. The summed E-state index contributed by atoms with van der Waals surface area (Å²) in [7, 11) is 0. The van der Waals surface area contributed by atoms with Crippen LogP contribution < -0.4 is 0 Å². The Balaban J connectivity index is 2.36. The highest BCUT2D eigenvalue weighted by molar-refractivity contribution is 5.32. The molecule has 0 aliphatic rings. The molecule has 0 unspecified atom stereocenters. The first kappa shape index (κ1) is 16.1. The maximum Gasteiger partial charge on any atom is 0.222 e. The summed E-state index contributed by atoms with van der Waals surface area (Å²) < 4.78 is 5.53. The second-order valence-corrected chi connectivity index (χ2v) is 7.12. The van der Waals surface area contributed by atoms with Gasteiger partial charge in [-0.1, -0.05) is 34.6 Å². The minimum atomic E-state index is -0.389. The van der Waals surface area contributed by atoms with E-state index in [0.717, 1.165) is 5.56 Å². The van der Waals surface area contributed by atoms with Gasteiger partial charge in [0.1, 0.15) is 17.6 Å². The number of hydrogen-bond acceptors (Lipinski definition) is 6. The molecule has 0 saturated heterocycles. The van der Waals surface area contributed by atoms with E-state index in [9.17, 15) is 5.26 Å². The summed E-state index contributed by atoms with van der Waals surface area (Å²) in [6, 6.07) is 2.17. The average Bonchev–Trinajstić information content (AvgIpc) is 2.85. The van der Waals surface area contributed by atoms with Gasteiger partial charge < -0.3 is 4.42 Å². The van der Waals surface area contributed by atoms with Crippen LogP contribution in [0.1, 0.15) is 63.5 Å². The molecular weight excluding hydrogens is 278 g/mol. The number of aromatic nitrogens is 4. The molecule has 116 valence electrons. The molecule has 2 heterocycles. The van der Waals surface area contributed by atoms with Crippen molar-refractivity contribution in [1.82, 2.24) is 20.2 Å². The fourth-order valence-corrected chi connectivity index (χ4v) is 2.12. The maximum atomic E-state index is 9.39. The fourth-order valence-electron chi connectivity index (χ4n) is 2.12. The van der Waals surface area contributed by atoms with Crippen LogP contribution in [0.4, 0.5) is 0 Å². The maximum absolute atomic E-state index is 9.39. The van der Waals surface area contributed by atoms with Crippen molar-refractivity contribution >= 4 is 0 Å². The zero-order valence-corrected chi connectivity index (χ0v) is 13.9. The first-order valence-electron chi connectivity index (χ1n) is 7.20. The zero-order chi connectivity index (χ0) is 16.5. The lowest BCUT2D eigenvalue weighted by atomic mass is 9.85. The van der Waals surface area contributed by atoms with E-state index in [2.05, 4.69) is 26.2 Å². The van der Waals surface area contributed by atoms with Crippen LogP contribution in [-0.2, 0) is 17.3 Å². The quantitative estimate of drug-likeness (QED) is 0.865. The molecule has 0 aromatic carbocycles. The van der Waals surface area contributed by atoms with Crippen molar-refractivity contribution in [1.29, 1.82) is 5.26 Å². The molecule has 6 heteroatoms. The lowest BCUT2D eigenvalue weighted by molar-refractivity contribution is 0.355. The molecule has 22 heavy (non-hydrogen) atoms. The molecule has 0 radical (unpaired) electrons. The van der Waals surface area contributed by atoms with Crippen LogP contribution in [0.3, 0.4) is 0 Å². The van der Waals surface area contributed by atoms with Crippen molar-refractivity contribution in [3.05, 3.63) is 35.1 Å². The van der Waals surface area contributed by atoms with Crippen molar-refractivity contribution in [2.75, 3.05) is 0 Å². The normalized spacial score (nSPS) is 12.2. The van der Waals surface area contributed by atoms with Crippen molar-refractivity contribution in [3.8, 4) is 6.07 Å². The van der Waals surface area contributed by atoms with Crippen molar-refractivity contribution in [3.63, 3.8) is 0 Å². The van der Waals surface area contributed by atoms with Gasteiger partial charge >= 0.3 is 0 Å².